The van der Waals surface area contributed by atoms with Crippen molar-refractivity contribution in [1.82, 2.24) is 4.90 Å². The summed E-state index contributed by atoms with van der Waals surface area (Å²) in [5.41, 5.74) is 0.753. The summed E-state index contributed by atoms with van der Waals surface area (Å²) in [6.45, 7) is 5.86. The van der Waals surface area contributed by atoms with Gasteiger partial charge in [-0.2, -0.15) is 0 Å². The molecule has 0 unspecified atom stereocenters. The largest absolute Gasteiger partial charge is 0.342 e. The van der Waals surface area contributed by atoms with E-state index in [0.29, 0.717) is 6.42 Å². The average molecular weight is 265 g/mol. The van der Waals surface area contributed by atoms with E-state index in [9.17, 15) is 9.18 Å². The molecule has 0 spiro atoms. The van der Waals surface area contributed by atoms with Crippen LogP contribution in [0.1, 0.15) is 45.1 Å². The van der Waals surface area contributed by atoms with Crippen LogP contribution < -0.4 is 0 Å². The Morgan fingerprint density at radius 1 is 1.16 bits per heavy atom. The van der Waals surface area contributed by atoms with Crippen LogP contribution in [0.2, 0.25) is 0 Å². The van der Waals surface area contributed by atoms with Gasteiger partial charge in [-0.05, 0) is 30.5 Å². The van der Waals surface area contributed by atoms with Crippen molar-refractivity contribution >= 4 is 5.91 Å². The molecule has 0 aromatic heterocycles. The van der Waals surface area contributed by atoms with Gasteiger partial charge in [0.2, 0.25) is 5.91 Å². The van der Waals surface area contributed by atoms with Crippen molar-refractivity contribution in [1.29, 1.82) is 0 Å². The molecule has 2 nitrogen and oxygen atoms in total. The summed E-state index contributed by atoms with van der Waals surface area (Å²) in [4.78, 5) is 14.2. The number of amides is 1. The van der Waals surface area contributed by atoms with Gasteiger partial charge in [0.25, 0.3) is 0 Å². The van der Waals surface area contributed by atoms with E-state index >= 15 is 0 Å². The zero-order valence-electron chi connectivity index (χ0n) is 12.0. The second-order valence-corrected chi connectivity index (χ2v) is 4.89. The zero-order valence-corrected chi connectivity index (χ0v) is 12.0. The number of carbonyl (C=O) groups excluding carboxylic acids is 1. The van der Waals surface area contributed by atoms with Crippen LogP contribution in [0.25, 0.3) is 0 Å². The number of nitrogens with zero attached hydrogens (tertiary/aromatic N) is 1. The molecule has 0 heterocycles. The summed E-state index contributed by atoms with van der Waals surface area (Å²) in [6.07, 6.45) is 4.51. The first kappa shape index (κ1) is 15.7. The number of rotatable bonds is 8. The fraction of sp³-hybridized carbons (Fsp3) is 0.562. The molecule has 0 saturated carbocycles. The summed E-state index contributed by atoms with van der Waals surface area (Å²) in [5, 5.41) is 0. The minimum absolute atomic E-state index is 0.104. The summed E-state index contributed by atoms with van der Waals surface area (Å²) in [6, 6.07) is 6.30. The van der Waals surface area contributed by atoms with Crippen LogP contribution in [-0.2, 0) is 11.2 Å². The molecular weight excluding hydrogens is 241 g/mol. The van der Waals surface area contributed by atoms with E-state index in [2.05, 4.69) is 13.8 Å². The van der Waals surface area contributed by atoms with Crippen molar-refractivity contribution in [2.75, 3.05) is 13.1 Å². The lowest BCUT2D eigenvalue weighted by atomic mass is 10.1. The van der Waals surface area contributed by atoms with Crippen LogP contribution in [0.5, 0.6) is 0 Å². The Balaban J connectivity index is 2.59. The van der Waals surface area contributed by atoms with Crippen LogP contribution in [0.4, 0.5) is 4.39 Å². The molecule has 0 atom stereocenters. The molecule has 0 N–H and O–H groups in total. The predicted octanol–water partition coefficient (Wildman–Crippen LogP) is 3.80. The molecule has 19 heavy (non-hydrogen) atoms. The maximum atomic E-state index is 13.1. The second kappa shape index (κ2) is 8.68. The lowest BCUT2D eigenvalue weighted by Gasteiger charge is -2.22. The lowest BCUT2D eigenvalue weighted by molar-refractivity contribution is -0.130. The Kier molecular flexibility index (Phi) is 7.16. The molecule has 0 aliphatic rings. The zero-order chi connectivity index (χ0) is 14.1. The van der Waals surface area contributed by atoms with Crippen molar-refractivity contribution in [2.45, 2.75) is 46.0 Å². The highest BCUT2D eigenvalue weighted by Crippen LogP contribution is 2.08. The molecule has 106 valence electrons. The highest BCUT2D eigenvalue weighted by molar-refractivity contribution is 5.78. The highest BCUT2D eigenvalue weighted by Gasteiger charge is 2.13. The molecule has 1 aromatic carbocycles. The Hall–Kier alpha value is -1.38. The number of carbonyl (C=O) groups is 1. The monoisotopic (exact) mass is 265 g/mol. The van der Waals surface area contributed by atoms with Crippen LogP contribution in [0.3, 0.4) is 0 Å². The number of halogens is 1. The predicted molar refractivity (Wildman–Crippen MR) is 76.5 cm³/mol. The summed E-state index contributed by atoms with van der Waals surface area (Å²) < 4.78 is 13.1. The van der Waals surface area contributed by atoms with E-state index < -0.39 is 0 Å². The molecule has 1 amide bonds. The van der Waals surface area contributed by atoms with E-state index in [-0.39, 0.29) is 11.7 Å². The summed E-state index contributed by atoms with van der Waals surface area (Å²) >= 11 is 0. The lowest BCUT2D eigenvalue weighted by Crippen LogP contribution is -2.34. The standard InChI is InChI=1S/C16H24FNO/c1-3-5-10-18(11-6-4-2)16(19)13-14-8-7-9-15(17)12-14/h7-9,12H,3-6,10-11,13H2,1-2H3. The average Bonchev–Trinajstić information content (AvgIpc) is 2.38. The molecule has 0 aliphatic carbocycles. The maximum absolute atomic E-state index is 13.1. The highest BCUT2D eigenvalue weighted by atomic mass is 19.1. The first-order chi connectivity index (χ1) is 9.17. The molecular formula is C16H24FNO. The second-order valence-electron chi connectivity index (χ2n) is 4.89. The number of hydrogen-bond donors (Lipinski definition) is 0. The van der Waals surface area contributed by atoms with Gasteiger partial charge in [-0.25, -0.2) is 4.39 Å². The summed E-state index contributed by atoms with van der Waals surface area (Å²) in [7, 11) is 0. The molecule has 0 saturated heterocycles. The number of unbranched alkanes of at least 4 members (excludes halogenated alkanes) is 2. The van der Waals surface area contributed by atoms with Crippen molar-refractivity contribution in [3.8, 4) is 0 Å². The Morgan fingerprint density at radius 2 is 1.79 bits per heavy atom. The van der Waals surface area contributed by atoms with Crippen molar-refractivity contribution in [3.63, 3.8) is 0 Å². The third-order valence-electron chi connectivity index (χ3n) is 3.16. The molecule has 0 fully saturated rings. The Bertz CT molecular complexity index is 384. The van der Waals surface area contributed by atoms with E-state index in [1.807, 2.05) is 4.90 Å². The van der Waals surface area contributed by atoms with Gasteiger partial charge in [-0.1, -0.05) is 38.8 Å². The maximum Gasteiger partial charge on any atom is 0.226 e. The first-order valence-corrected chi connectivity index (χ1v) is 7.19. The Morgan fingerprint density at radius 3 is 2.32 bits per heavy atom. The third-order valence-corrected chi connectivity index (χ3v) is 3.16. The van der Waals surface area contributed by atoms with Crippen LogP contribution in [0.15, 0.2) is 24.3 Å². The van der Waals surface area contributed by atoms with Crippen molar-refractivity contribution in [2.24, 2.45) is 0 Å². The SMILES string of the molecule is CCCCN(CCCC)C(=O)Cc1cccc(F)c1. The van der Waals surface area contributed by atoms with Gasteiger partial charge in [0, 0.05) is 13.1 Å². The van der Waals surface area contributed by atoms with Gasteiger partial charge < -0.3 is 4.90 Å². The van der Waals surface area contributed by atoms with Crippen molar-refractivity contribution < 1.29 is 9.18 Å². The third kappa shape index (κ3) is 5.86. The van der Waals surface area contributed by atoms with Gasteiger partial charge in [-0.15, -0.1) is 0 Å². The molecule has 3 heteroatoms. The van der Waals surface area contributed by atoms with Gasteiger partial charge in [0.15, 0.2) is 0 Å². The minimum atomic E-state index is -0.279. The van der Waals surface area contributed by atoms with Gasteiger partial charge in [0.1, 0.15) is 5.82 Å². The van der Waals surface area contributed by atoms with E-state index in [0.717, 1.165) is 44.3 Å². The molecule has 1 aromatic rings. The van der Waals surface area contributed by atoms with Crippen molar-refractivity contribution in [3.05, 3.63) is 35.6 Å². The molecule has 0 aliphatic heterocycles. The quantitative estimate of drug-likeness (QED) is 0.700. The fourth-order valence-corrected chi connectivity index (χ4v) is 1.99. The summed E-state index contributed by atoms with van der Waals surface area (Å²) in [5.74, 6) is -0.175. The van der Waals surface area contributed by atoms with Crippen LogP contribution in [0, 0.1) is 5.82 Å². The molecule has 1 rings (SSSR count). The topological polar surface area (TPSA) is 20.3 Å². The van der Waals surface area contributed by atoms with Crippen LogP contribution >= 0.6 is 0 Å². The molecule has 0 radical (unpaired) electrons. The van der Waals surface area contributed by atoms with Crippen LogP contribution in [-0.4, -0.2) is 23.9 Å². The number of benzene rings is 1. The first-order valence-electron chi connectivity index (χ1n) is 7.19. The van der Waals surface area contributed by atoms with E-state index in [1.54, 1.807) is 12.1 Å². The fourth-order valence-electron chi connectivity index (χ4n) is 1.99. The Labute approximate surface area is 115 Å². The normalized spacial score (nSPS) is 10.5. The van der Waals surface area contributed by atoms with Gasteiger partial charge in [-0.3, -0.25) is 4.79 Å². The van der Waals surface area contributed by atoms with Gasteiger partial charge in [0.05, 0.1) is 6.42 Å². The smallest absolute Gasteiger partial charge is 0.226 e. The van der Waals surface area contributed by atoms with E-state index in [1.165, 1.54) is 12.1 Å². The number of hydrogen-bond acceptors (Lipinski definition) is 1. The molecule has 0 bridgehead atoms. The van der Waals surface area contributed by atoms with E-state index in [4.69, 9.17) is 0 Å². The van der Waals surface area contributed by atoms with Gasteiger partial charge >= 0.3 is 0 Å². The minimum Gasteiger partial charge on any atom is -0.342 e.